The molecule has 3 aromatic carbocycles. The number of rotatable bonds is 4. The van der Waals surface area contributed by atoms with Gasteiger partial charge in [-0.25, -0.2) is 0 Å². The summed E-state index contributed by atoms with van der Waals surface area (Å²) in [5.74, 6) is -0.0755. The maximum Gasteiger partial charge on any atom is 0.212 e. The van der Waals surface area contributed by atoms with Crippen LogP contribution < -0.4 is 10.9 Å². The summed E-state index contributed by atoms with van der Waals surface area (Å²) in [5, 5.41) is 13.7. The average molecular weight is 328 g/mol. The van der Waals surface area contributed by atoms with Crippen LogP contribution in [0, 0.1) is 5.41 Å². The Morgan fingerprint density at radius 2 is 1.68 bits per heavy atom. The van der Waals surface area contributed by atoms with Crippen LogP contribution in [0.2, 0.25) is 0 Å². The molecule has 0 bridgehead atoms. The lowest BCUT2D eigenvalue weighted by atomic mass is 10.0. The van der Waals surface area contributed by atoms with Gasteiger partial charge in [-0.3, -0.25) is 10.2 Å². The molecule has 0 saturated heterocycles. The third kappa shape index (κ3) is 2.90. The molecule has 0 fully saturated rings. The van der Waals surface area contributed by atoms with Crippen LogP contribution in [0.4, 0.5) is 5.69 Å². The number of hydrogen-bond donors (Lipinski definition) is 2. The van der Waals surface area contributed by atoms with Gasteiger partial charge in [-0.05, 0) is 23.6 Å². The molecular formula is C21H16N2O2. The zero-order valence-electron chi connectivity index (χ0n) is 13.5. The van der Waals surface area contributed by atoms with E-state index in [0.29, 0.717) is 11.1 Å². The highest BCUT2D eigenvalue weighted by atomic mass is 16.3. The number of anilines is 1. The monoisotopic (exact) mass is 328 g/mol. The van der Waals surface area contributed by atoms with Gasteiger partial charge in [0.2, 0.25) is 5.55 Å². The number of nitrogens with one attached hydrogen (secondary N) is 2. The highest BCUT2D eigenvalue weighted by Crippen LogP contribution is 2.26. The zero-order chi connectivity index (χ0) is 17.2. The molecule has 25 heavy (non-hydrogen) atoms. The molecule has 4 heteroatoms. The number of benzene rings is 3. The zero-order valence-corrected chi connectivity index (χ0v) is 13.5. The van der Waals surface area contributed by atoms with Crippen LogP contribution in [0.3, 0.4) is 0 Å². The molecule has 0 atom stereocenters. The first kappa shape index (κ1) is 15.1. The third-order valence-corrected chi connectivity index (χ3v) is 4.18. The Hall–Kier alpha value is -3.40. The number of carbonyl (C=O) groups is 1. The fraction of sp³-hybridized carbons (Fsp3) is 0.0476. The molecule has 0 saturated carbocycles. The van der Waals surface area contributed by atoms with Crippen LogP contribution in [0.15, 0.2) is 77.2 Å². The van der Waals surface area contributed by atoms with E-state index in [1.807, 2.05) is 66.7 Å². The first-order valence-electron chi connectivity index (χ1n) is 8.05. The lowest BCUT2D eigenvalue weighted by molar-refractivity contribution is 0.101. The Bertz CT molecular complexity index is 1130. The molecule has 4 nitrogen and oxygen atoms in total. The lowest BCUT2D eigenvalue weighted by Crippen LogP contribution is -2.16. The van der Waals surface area contributed by atoms with E-state index in [1.165, 1.54) is 6.07 Å². The highest BCUT2D eigenvalue weighted by molar-refractivity contribution is 6.14. The van der Waals surface area contributed by atoms with E-state index in [2.05, 4.69) is 5.32 Å². The maximum absolute atomic E-state index is 12.7. The first-order valence-corrected chi connectivity index (χ1v) is 8.05. The van der Waals surface area contributed by atoms with Gasteiger partial charge in [0.25, 0.3) is 0 Å². The van der Waals surface area contributed by atoms with E-state index in [4.69, 9.17) is 9.83 Å². The molecular weight excluding hydrogens is 312 g/mol. The Morgan fingerprint density at radius 1 is 0.920 bits per heavy atom. The van der Waals surface area contributed by atoms with E-state index >= 15 is 0 Å². The molecule has 2 N–H and O–H groups in total. The predicted octanol–water partition coefficient (Wildman–Crippen LogP) is 4.36. The SMILES string of the molecule is N=c1cc(C(=O)CNc2ccccc2)c2ccc3ccccc3c2o1. The van der Waals surface area contributed by atoms with Gasteiger partial charge in [-0.2, -0.15) is 0 Å². The summed E-state index contributed by atoms with van der Waals surface area (Å²) in [4.78, 5) is 12.7. The van der Waals surface area contributed by atoms with E-state index in [0.717, 1.165) is 21.8 Å². The largest absolute Gasteiger partial charge is 0.438 e. The van der Waals surface area contributed by atoms with Crippen LogP contribution in [-0.2, 0) is 0 Å². The van der Waals surface area contributed by atoms with Gasteiger partial charge in [-0.15, -0.1) is 0 Å². The van der Waals surface area contributed by atoms with E-state index in [1.54, 1.807) is 0 Å². The molecule has 0 aliphatic carbocycles. The Labute approximate surface area is 144 Å². The van der Waals surface area contributed by atoms with Crippen molar-refractivity contribution < 1.29 is 9.21 Å². The topological polar surface area (TPSA) is 66.1 Å². The van der Waals surface area contributed by atoms with Crippen molar-refractivity contribution in [3.8, 4) is 0 Å². The lowest BCUT2D eigenvalue weighted by Gasteiger charge is -2.09. The average Bonchev–Trinajstić information content (AvgIpc) is 2.66. The summed E-state index contributed by atoms with van der Waals surface area (Å²) in [6.07, 6.45) is 0. The minimum absolute atomic E-state index is 0.0214. The van der Waals surface area contributed by atoms with Crippen molar-refractivity contribution in [3.63, 3.8) is 0 Å². The summed E-state index contributed by atoms with van der Waals surface area (Å²) in [5.41, 5.74) is 1.94. The fourth-order valence-electron chi connectivity index (χ4n) is 2.98. The van der Waals surface area contributed by atoms with Crippen LogP contribution in [-0.4, -0.2) is 12.3 Å². The predicted molar refractivity (Wildman–Crippen MR) is 98.8 cm³/mol. The van der Waals surface area contributed by atoms with Crippen LogP contribution >= 0.6 is 0 Å². The molecule has 4 aromatic rings. The molecule has 0 spiro atoms. The second-order valence-electron chi connectivity index (χ2n) is 5.83. The van der Waals surface area contributed by atoms with Crippen molar-refractivity contribution in [1.29, 1.82) is 5.41 Å². The molecule has 0 amide bonds. The summed E-state index contributed by atoms with van der Waals surface area (Å²) >= 11 is 0. The fourth-order valence-corrected chi connectivity index (χ4v) is 2.98. The van der Waals surface area contributed by atoms with Crippen molar-refractivity contribution in [2.24, 2.45) is 0 Å². The van der Waals surface area contributed by atoms with Gasteiger partial charge in [0.15, 0.2) is 5.78 Å². The Kier molecular flexibility index (Phi) is 3.78. The number of carbonyl (C=O) groups excluding carboxylic acids is 1. The molecule has 0 radical (unpaired) electrons. The highest BCUT2D eigenvalue weighted by Gasteiger charge is 2.14. The molecule has 1 heterocycles. The summed E-state index contributed by atoms with van der Waals surface area (Å²) in [7, 11) is 0. The number of fused-ring (bicyclic) bond motifs is 3. The van der Waals surface area contributed by atoms with Crippen molar-refractivity contribution in [2.75, 3.05) is 11.9 Å². The van der Waals surface area contributed by atoms with Crippen LogP contribution in [0.25, 0.3) is 21.7 Å². The molecule has 4 rings (SSSR count). The van der Waals surface area contributed by atoms with E-state index < -0.39 is 0 Å². The minimum Gasteiger partial charge on any atom is -0.438 e. The van der Waals surface area contributed by atoms with Crippen molar-refractivity contribution >= 4 is 33.2 Å². The van der Waals surface area contributed by atoms with Gasteiger partial charge < -0.3 is 9.73 Å². The second-order valence-corrected chi connectivity index (χ2v) is 5.83. The maximum atomic E-state index is 12.7. The second kappa shape index (κ2) is 6.24. The van der Waals surface area contributed by atoms with Gasteiger partial charge in [0.05, 0.1) is 6.54 Å². The number of ketones is 1. The Balaban J connectivity index is 1.77. The number of hydrogen-bond acceptors (Lipinski definition) is 4. The number of Topliss-reactive ketones (excluding diaryl/α,β-unsaturated/α-hetero) is 1. The molecule has 0 aliphatic rings. The Morgan fingerprint density at radius 3 is 2.52 bits per heavy atom. The van der Waals surface area contributed by atoms with Crippen molar-refractivity contribution in [2.45, 2.75) is 0 Å². The normalized spacial score (nSPS) is 10.9. The van der Waals surface area contributed by atoms with E-state index in [9.17, 15) is 4.79 Å². The third-order valence-electron chi connectivity index (χ3n) is 4.18. The van der Waals surface area contributed by atoms with Crippen molar-refractivity contribution in [1.82, 2.24) is 0 Å². The van der Waals surface area contributed by atoms with Crippen molar-refractivity contribution in [3.05, 3.63) is 83.9 Å². The van der Waals surface area contributed by atoms with Gasteiger partial charge in [-0.1, -0.05) is 48.5 Å². The standard InChI is InChI=1S/C21H16N2O2/c22-20-12-18(19(24)13-23-15-7-2-1-3-8-15)17-11-10-14-6-4-5-9-16(14)21(17)25-20/h1-12,22-23H,13H2. The summed E-state index contributed by atoms with van der Waals surface area (Å²) in [6, 6.07) is 22.7. The smallest absolute Gasteiger partial charge is 0.212 e. The summed E-state index contributed by atoms with van der Waals surface area (Å²) < 4.78 is 5.62. The molecule has 1 aromatic heterocycles. The number of para-hydroxylation sites is 1. The molecule has 122 valence electrons. The van der Waals surface area contributed by atoms with Gasteiger partial charge >= 0.3 is 0 Å². The van der Waals surface area contributed by atoms with Crippen LogP contribution in [0.5, 0.6) is 0 Å². The quantitative estimate of drug-likeness (QED) is 0.432. The van der Waals surface area contributed by atoms with E-state index in [-0.39, 0.29) is 17.9 Å². The van der Waals surface area contributed by atoms with Crippen LogP contribution in [0.1, 0.15) is 10.4 Å². The van der Waals surface area contributed by atoms with Gasteiger partial charge in [0.1, 0.15) is 5.58 Å². The molecule has 0 aliphatic heterocycles. The van der Waals surface area contributed by atoms with Gasteiger partial charge in [0, 0.05) is 28.1 Å². The first-order chi connectivity index (χ1) is 12.2. The minimum atomic E-state index is -0.0755. The molecule has 0 unspecified atom stereocenters. The summed E-state index contributed by atoms with van der Waals surface area (Å²) in [6.45, 7) is 0.162.